The molecule has 3 heterocycles. The summed E-state index contributed by atoms with van der Waals surface area (Å²) in [6.45, 7) is 5.91. The SMILES string of the molecule is CCCCN(CCCCN(C)C)C(=O)CN1CC(c2cc(OC)c3c(c2)OCO3)C(C(=O)O)C1CCN1Cc2ccccc2C1=O. The molecule has 5 rings (SSSR count). The molecule has 1 saturated heterocycles. The minimum absolute atomic E-state index is 0.0148. The summed E-state index contributed by atoms with van der Waals surface area (Å²) in [7, 11) is 5.65. The molecule has 11 nitrogen and oxygen atoms in total. The first-order chi connectivity index (χ1) is 22.2. The molecule has 3 unspecified atom stereocenters. The molecule has 0 aromatic heterocycles. The summed E-state index contributed by atoms with van der Waals surface area (Å²) in [5.74, 6) is -0.657. The lowest BCUT2D eigenvalue weighted by Crippen LogP contribution is -2.45. The van der Waals surface area contributed by atoms with Gasteiger partial charge in [-0.1, -0.05) is 31.5 Å². The van der Waals surface area contributed by atoms with E-state index in [1.165, 1.54) is 0 Å². The number of ether oxygens (including phenoxy) is 3. The Morgan fingerprint density at radius 1 is 1.07 bits per heavy atom. The second kappa shape index (κ2) is 15.2. The lowest BCUT2D eigenvalue weighted by molar-refractivity contribution is -0.144. The molecule has 46 heavy (non-hydrogen) atoms. The van der Waals surface area contributed by atoms with Gasteiger partial charge in [-0.2, -0.15) is 0 Å². The van der Waals surface area contributed by atoms with Gasteiger partial charge in [0.05, 0.1) is 19.6 Å². The first-order valence-corrected chi connectivity index (χ1v) is 16.5. The third-order valence-electron chi connectivity index (χ3n) is 9.49. The van der Waals surface area contributed by atoms with Gasteiger partial charge in [0.2, 0.25) is 18.4 Å². The van der Waals surface area contributed by atoms with Crippen LogP contribution in [-0.4, -0.2) is 116 Å². The van der Waals surface area contributed by atoms with Crippen LogP contribution in [0.3, 0.4) is 0 Å². The van der Waals surface area contributed by atoms with Crippen LogP contribution in [0.5, 0.6) is 17.2 Å². The van der Waals surface area contributed by atoms with E-state index >= 15 is 0 Å². The van der Waals surface area contributed by atoms with Crippen molar-refractivity contribution in [3.63, 3.8) is 0 Å². The fraction of sp³-hybridized carbons (Fsp3) is 0.571. The van der Waals surface area contributed by atoms with Crippen LogP contribution < -0.4 is 14.2 Å². The van der Waals surface area contributed by atoms with E-state index in [0.717, 1.165) is 43.4 Å². The summed E-state index contributed by atoms with van der Waals surface area (Å²) in [5.41, 5.74) is 2.44. The molecule has 3 aliphatic heterocycles. The van der Waals surface area contributed by atoms with Crippen molar-refractivity contribution in [3.05, 3.63) is 53.1 Å². The molecular weight excluding hydrogens is 588 g/mol. The van der Waals surface area contributed by atoms with E-state index in [2.05, 4.69) is 11.8 Å². The maximum absolute atomic E-state index is 13.9. The molecule has 3 aliphatic rings. The maximum Gasteiger partial charge on any atom is 0.308 e. The predicted octanol–water partition coefficient (Wildman–Crippen LogP) is 3.91. The minimum Gasteiger partial charge on any atom is -0.493 e. The van der Waals surface area contributed by atoms with Gasteiger partial charge in [-0.15, -0.1) is 0 Å². The van der Waals surface area contributed by atoms with Crippen LogP contribution in [0, 0.1) is 5.92 Å². The number of unbranched alkanes of at least 4 members (excludes halogenated alkanes) is 2. The number of rotatable bonds is 16. The first-order valence-electron chi connectivity index (χ1n) is 16.5. The highest BCUT2D eigenvalue weighted by Gasteiger charge is 2.48. The Labute approximate surface area is 272 Å². The number of amides is 2. The van der Waals surface area contributed by atoms with Crippen LogP contribution in [0.1, 0.15) is 66.4 Å². The minimum atomic E-state index is -0.927. The van der Waals surface area contributed by atoms with E-state index in [9.17, 15) is 19.5 Å². The maximum atomic E-state index is 13.9. The van der Waals surface area contributed by atoms with Crippen molar-refractivity contribution in [1.29, 1.82) is 0 Å². The standard InChI is InChI=1S/C35H48N4O7/c1-5-6-15-37(16-10-9-14-36(2)3)31(40)22-39-21-27(25-18-29(44-4)33-30(19-25)45-23-46-33)32(35(42)43)28(39)13-17-38-20-24-11-7-8-12-26(24)34(38)41/h7-8,11-12,18-19,27-28,32H,5-6,9-10,13-17,20-23H2,1-4H3,(H,42,43). The third kappa shape index (κ3) is 7.41. The van der Waals surface area contributed by atoms with Crippen molar-refractivity contribution >= 4 is 17.8 Å². The summed E-state index contributed by atoms with van der Waals surface area (Å²) in [5, 5.41) is 10.7. The smallest absolute Gasteiger partial charge is 0.308 e. The second-order valence-electron chi connectivity index (χ2n) is 12.8. The average molecular weight is 637 g/mol. The van der Waals surface area contributed by atoms with Gasteiger partial charge in [0.1, 0.15) is 0 Å². The summed E-state index contributed by atoms with van der Waals surface area (Å²) < 4.78 is 16.8. The zero-order valence-corrected chi connectivity index (χ0v) is 27.6. The summed E-state index contributed by atoms with van der Waals surface area (Å²) in [6.07, 6.45) is 4.23. The highest BCUT2D eigenvalue weighted by molar-refractivity contribution is 5.98. The van der Waals surface area contributed by atoms with Gasteiger partial charge in [0.25, 0.3) is 5.91 Å². The van der Waals surface area contributed by atoms with Crippen molar-refractivity contribution in [2.24, 2.45) is 5.92 Å². The monoisotopic (exact) mass is 636 g/mol. The zero-order valence-electron chi connectivity index (χ0n) is 27.6. The summed E-state index contributed by atoms with van der Waals surface area (Å²) in [4.78, 5) is 48.1. The van der Waals surface area contributed by atoms with Gasteiger partial charge in [-0.25, -0.2) is 0 Å². The number of carboxylic acid groups (broad SMARTS) is 1. The van der Waals surface area contributed by atoms with Crippen molar-refractivity contribution in [2.45, 2.75) is 57.5 Å². The molecular formula is C35H48N4O7. The molecule has 0 saturated carbocycles. The van der Waals surface area contributed by atoms with E-state index < -0.39 is 23.8 Å². The number of hydrogen-bond acceptors (Lipinski definition) is 8. The first kappa shape index (κ1) is 33.5. The number of nitrogens with zero attached hydrogens (tertiary/aromatic N) is 4. The Morgan fingerprint density at radius 3 is 2.54 bits per heavy atom. The van der Waals surface area contributed by atoms with Gasteiger partial charge in [-0.05, 0) is 75.6 Å². The Hall–Kier alpha value is -3.83. The molecule has 250 valence electrons. The fourth-order valence-electron chi connectivity index (χ4n) is 7.05. The fourth-order valence-corrected chi connectivity index (χ4v) is 7.05. The Bertz CT molecular complexity index is 1400. The van der Waals surface area contributed by atoms with Crippen molar-refractivity contribution in [2.75, 3.05) is 67.3 Å². The molecule has 11 heteroatoms. The van der Waals surface area contributed by atoms with Gasteiger partial charge in [0.15, 0.2) is 11.5 Å². The quantitative estimate of drug-likeness (QED) is 0.274. The van der Waals surface area contributed by atoms with Crippen LogP contribution >= 0.6 is 0 Å². The lowest BCUT2D eigenvalue weighted by atomic mass is 9.84. The Kier molecular flexibility index (Phi) is 11.1. The molecule has 0 radical (unpaired) electrons. The highest BCUT2D eigenvalue weighted by atomic mass is 16.7. The number of hydrogen-bond donors (Lipinski definition) is 1. The van der Waals surface area contributed by atoms with Gasteiger partial charge in [0, 0.05) is 50.2 Å². The molecule has 2 amide bonds. The van der Waals surface area contributed by atoms with Crippen LogP contribution in [0.15, 0.2) is 36.4 Å². The van der Waals surface area contributed by atoms with Crippen molar-refractivity contribution in [1.82, 2.24) is 19.6 Å². The van der Waals surface area contributed by atoms with Gasteiger partial charge in [-0.3, -0.25) is 19.3 Å². The molecule has 0 aliphatic carbocycles. The van der Waals surface area contributed by atoms with Gasteiger partial charge >= 0.3 is 5.97 Å². The highest BCUT2D eigenvalue weighted by Crippen LogP contribution is 2.47. The number of fused-ring (bicyclic) bond motifs is 2. The van der Waals surface area contributed by atoms with Crippen LogP contribution in [-0.2, 0) is 16.1 Å². The number of carbonyl (C=O) groups excluding carboxylic acids is 2. The third-order valence-corrected chi connectivity index (χ3v) is 9.49. The average Bonchev–Trinajstić information content (AvgIpc) is 3.74. The number of benzene rings is 2. The number of carbonyl (C=O) groups is 3. The number of methoxy groups -OCH3 is 1. The molecule has 0 bridgehead atoms. The normalized spacial score (nSPS) is 20.4. The molecule has 2 aromatic rings. The molecule has 1 N–H and O–H groups in total. The molecule has 3 atom stereocenters. The summed E-state index contributed by atoms with van der Waals surface area (Å²) >= 11 is 0. The van der Waals surface area contributed by atoms with Crippen LogP contribution in [0.25, 0.3) is 0 Å². The van der Waals surface area contributed by atoms with Crippen molar-refractivity contribution in [3.8, 4) is 17.2 Å². The van der Waals surface area contributed by atoms with Crippen LogP contribution in [0.4, 0.5) is 0 Å². The van der Waals surface area contributed by atoms with Gasteiger partial charge < -0.3 is 34.0 Å². The Balaban J connectivity index is 1.39. The summed E-state index contributed by atoms with van der Waals surface area (Å²) in [6, 6.07) is 10.8. The Morgan fingerprint density at radius 2 is 1.83 bits per heavy atom. The number of likely N-dealkylation sites (tertiary alicyclic amines) is 1. The van der Waals surface area contributed by atoms with E-state index in [4.69, 9.17) is 14.2 Å². The lowest BCUT2D eigenvalue weighted by Gasteiger charge is -2.31. The predicted molar refractivity (Wildman–Crippen MR) is 173 cm³/mol. The second-order valence-corrected chi connectivity index (χ2v) is 12.8. The number of aliphatic carboxylic acids is 1. The van der Waals surface area contributed by atoms with Crippen LogP contribution in [0.2, 0.25) is 0 Å². The molecule has 2 aromatic carbocycles. The van der Waals surface area contributed by atoms with E-state index in [0.29, 0.717) is 62.0 Å². The largest absolute Gasteiger partial charge is 0.493 e. The molecule has 0 spiro atoms. The van der Waals surface area contributed by atoms with E-state index in [1.54, 1.807) is 12.0 Å². The number of carboxylic acids is 1. The van der Waals surface area contributed by atoms with E-state index in [1.807, 2.05) is 60.3 Å². The molecule has 1 fully saturated rings. The van der Waals surface area contributed by atoms with E-state index in [-0.39, 0.29) is 25.2 Å². The topological polar surface area (TPSA) is 112 Å². The zero-order chi connectivity index (χ0) is 32.8. The van der Waals surface area contributed by atoms with Crippen molar-refractivity contribution < 1.29 is 33.7 Å².